The molecule has 0 fully saturated rings. The fourth-order valence-corrected chi connectivity index (χ4v) is 2.58. The molecule has 9 heteroatoms. The molecule has 2 aromatic heterocycles. The van der Waals surface area contributed by atoms with Crippen molar-refractivity contribution in [3.8, 4) is 10.7 Å². The van der Waals surface area contributed by atoms with Crippen LogP contribution in [0.15, 0.2) is 22.0 Å². The zero-order valence-corrected chi connectivity index (χ0v) is 12.3. The van der Waals surface area contributed by atoms with Gasteiger partial charge in [0.15, 0.2) is 0 Å². The normalized spacial score (nSPS) is 11.4. The lowest BCUT2D eigenvalue weighted by Crippen LogP contribution is -2.25. The number of carbonyl (C=O) groups excluding carboxylic acids is 1. The van der Waals surface area contributed by atoms with E-state index in [9.17, 15) is 13.2 Å². The van der Waals surface area contributed by atoms with Gasteiger partial charge in [0.1, 0.15) is 9.84 Å². The molecule has 2 rings (SSSR count). The van der Waals surface area contributed by atoms with Crippen molar-refractivity contribution in [1.29, 1.82) is 0 Å². The van der Waals surface area contributed by atoms with E-state index in [1.165, 1.54) is 11.3 Å². The van der Waals surface area contributed by atoms with Crippen LogP contribution in [0.5, 0.6) is 0 Å². The third-order valence-corrected chi connectivity index (χ3v) is 4.16. The van der Waals surface area contributed by atoms with Crippen molar-refractivity contribution in [2.45, 2.75) is 13.0 Å². The zero-order valence-electron chi connectivity index (χ0n) is 10.7. The SMILES string of the molecule is CS(=O)(=O)CCC(=O)NCc1nc(-c2cccs2)no1. The summed E-state index contributed by atoms with van der Waals surface area (Å²) in [6, 6.07) is 3.74. The molecule has 7 nitrogen and oxygen atoms in total. The molecule has 0 unspecified atom stereocenters. The predicted molar refractivity (Wildman–Crippen MR) is 73.8 cm³/mol. The number of nitrogens with one attached hydrogen (secondary N) is 1. The summed E-state index contributed by atoms with van der Waals surface area (Å²) in [4.78, 5) is 16.4. The molecule has 1 amide bonds. The molecule has 0 aromatic carbocycles. The molecule has 0 saturated heterocycles. The van der Waals surface area contributed by atoms with Crippen LogP contribution in [-0.2, 0) is 21.2 Å². The van der Waals surface area contributed by atoms with Gasteiger partial charge in [0.2, 0.25) is 17.6 Å². The maximum Gasteiger partial charge on any atom is 0.246 e. The largest absolute Gasteiger partial charge is 0.347 e. The van der Waals surface area contributed by atoms with Crippen molar-refractivity contribution in [1.82, 2.24) is 15.5 Å². The Balaban J connectivity index is 1.84. The van der Waals surface area contributed by atoms with Gasteiger partial charge in [-0.3, -0.25) is 4.79 Å². The van der Waals surface area contributed by atoms with Crippen LogP contribution in [0.25, 0.3) is 10.7 Å². The molecule has 0 aliphatic heterocycles. The number of aromatic nitrogens is 2. The van der Waals surface area contributed by atoms with Crippen molar-refractivity contribution >= 4 is 27.1 Å². The van der Waals surface area contributed by atoms with Gasteiger partial charge in [0.25, 0.3) is 0 Å². The van der Waals surface area contributed by atoms with E-state index < -0.39 is 9.84 Å². The minimum Gasteiger partial charge on any atom is -0.347 e. The van der Waals surface area contributed by atoms with Gasteiger partial charge in [-0.2, -0.15) is 4.98 Å². The average Bonchev–Trinajstić information content (AvgIpc) is 3.03. The summed E-state index contributed by atoms with van der Waals surface area (Å²) in [6.45, 7) is 0.0843. The van der Waals surface area contributed by atoms with Crippen LogP contribution in [0, 0.1) is 0 Å². The Kier molecular flexibility index (Phi) is 4.50. The van der Waals surface area contributed by atoms with Crippen LogP contribution in [-0.4, -0.2) is 36.5 Å². The van der Waals surface area contributed by atoms with Crippen LogP contribution in [0.2, 0.25) is 0 Å². The quantitative estimate of drug-likeness (QED) is 0.848. The lowest BCUT2D eigenvalue weighted by Gasteiger charge is -2.00. The minimum atomic E-state index is -3.14. The van der Waals surface area contributed by atoms with E-state index in [1.54, 1.807) is 0 Å². The lowest BCUT2D eigenvalue weighted by atomic mass is 10.4. The van der Waals surface area contributed by atoms with E-state index in [2.05, 4.69) is 15.5 Å². The second kappa shape index (κ2) is 6.14. The first-order valence-corrected chi connectivity index (χ1v) is 8.69. The highest BCUT2D eigenvalue weighted by molar-refractivity contribution is 7.90. The predicted octanol–water partition coefficient (Wildman–Crippen LogP) is 0.849. The van der Waals surface area contributed by atoms with E-state index in [4.69, 9.17) is 4.52 Å². The highest BCUT2D eigenvalue weighted by Gasteiger charge is 2.11. The topological polar surface area (TPSA) is 102 Å². The standard InChI is InChI=1S/C11H13N3O4S2/c1-20(16,17)6-4-9(15)12-7-10-13-11(14-18-10)8-3-2-5-19-8/h2-3,5H,4,6-7H2,1H3,(H,12,15). The third-order valence-electron chi connectivity index (χ3n) is 2.35. The first-order valence-electron chi connectivity index (χ1n) is 5.75. The Hall–Kier alpha value is -1.74. The molecule has 0 atom stereocenters. The molecule has 108 valence electrons. The molecular formula is C11H13N3O4S2. The fraction of sp³-hybridized carbons (Fsp3) is 0.364. The minimum absolute atomic E-state index is 0.0786. The molecule has 0 saturated carbocycles. The monoisotopic (exact) mass is 315 g/mol. The second-order valence-electron chi connectivity index (χ2n) is 4.15. The number of nitrogens with zero attached hydrogens (tertiary/aromatic N) is 2. The molecule has 0 radical (unpaired) electrons. The molecule has 2 aromatic rings. The van der Waals surface area contributed by atoms with Gasteiger partial charge in [-0.25, -0.2) is 8.42 Å². The lowest BCUT2D eigenvalue weighted by molar-refractivity contribution is -0.121. The number of rotatable bonds is 6. The van der Waals surface area contributed by atoms with Gasteiger partial charge >= 0.3 is 0 Å². The van der Waals surface area contributed by atoms with Crippen molar-refractivity contribution < 1.29 is 17.7 Å². The highest BCUT2D eigenvalue weighted by Crippen LogP contribution is 2.21. The van der Waals surface area contributed by atoms with E-state index in [1.807, 2.05) is 17.5 Å². The fourth-order valence-electron chi connectivity index (χ4n) is 1.37. The van der Waals surface area contributed by atoms with Crippen LogP contribution < -0.4 is 5.32 Å². The first kappa shape index (κ1) is 14.7. The second-order valence-corrected chi connectivity index (χ2v) is 7.35. The van der Waals surface area contributed by atoms with Crippen LogP contribution in [0.3, 0.4) is 0 Å². The summed E-state index contributed by atoms with van der Waals surface area (Å²) in [5.41, 5.74) is 0. The van der Waals surface area contributed by atoms with Crippen LogP contribution in [0.1, 0.15) is 12.3 Å². The Morgan fingerprint density at radius 2 is 2.30 bits per heavy atom. The molecule has 0 aliphatic carbocycles. The number of hydrogen-bond acceptors (Lipinski definition) is 7. The summed E-state index contributed by atoms with van der Waals surface area (Å²) >= 11 is 1.49. The third kappa shape index (κ3) is 4.42. The Bertz CT molecular complexity index is 676. The van der Waals surface area contributed by atoms with E-state index in [-0.39, 0.29) is 30.5 Å². The Labute approximate surface area is 119 Å². The molecule has 20 heavy (non-hydrogen) atoms. The van der Waals surface area contributed by atoms with Gasteiger partial charge < -0.3 is 9.84 Å². The van der Waals surface area contributed by atoms with E-state index >= 15 is 0 Å². The molecular weight excluding hydrogens is 302 g/mol. The number of carbonyl (C=O) groups is 1. The summed E-state index contributed by atoms with van der Waals surface area (Å²) in [5, 5.41) is 8.23. The van der Waals surface area contributed by atoms with Gasteiger partial charge in [-0.05, 0) is 11.4 Å². The zero-order chi connectivity index (χ0) is 14.6. The maximum atomic E-state index is 11.4. The van der Waals surface area contributed by atoms with Gasteiger partial charge in [0.05, 0.1) is 17.2 Å². The molecule has 1 N–H and O–H groups in total. The molecule has 0 bridgehead atoms. The average molecular weight is 315 g/mol. The molecule has 0 spiro atoms. The summed E-state index contributed by atoms with van der Waals surface area (Å²) < 4.78 is 26.8. The maximum absolute atomic E-state index is 11.4. The number of sulfone groups is 1. The van der Waals surface area contributed by atoms with Gasteiger partial charge in [-0.15, -0.1) is 11.3 Å². The van der Waals surface area contributed by atoms with Crippen molar-refractivity contribution in [3.05, 3.63) is 23.4 Å². The molecule has 2 heterocycles. The van der Waals surface area contributed by atoms with Crippen molar-refractivity contribution in [2.24, 2.45) is 0 Å². The van der Waals surface area contributed by atoms with Crippen molar-refractivity contribution in [3.63, 3.8) is 0 Å². The first-order chi connectivity index (χ1) is 9.44. The number of amides is 1. The van der Waals surface area contributed by atoms with Crippen LogP contribution >= 0.6 is 11.3 Å². The van der Waals surface area contributed by atoms with E-state index in [0.717, 1.165) is 11.1 Å². The number of thiophene rings is 1. The number of hydrogen-bond donors (Lipinski definition) is 1. The summed E-state index contributed by atoms with van der Waals surface area (Å²) in [5.74, 6) is 0.205. The van der Waals surface area contributed by atoms with Gasteiger partial charge in [-0.1, -0.05) is 11.2 Å². The Morgan fingerprint density at radius 1 is 1.50 bits per heavy atom. The summed E-state index contributed by atoms with van der Waals surface area (Å²) in [7, 11) is -3.14. The molecule has 0 aliphatic rings. The van der Waals surface area contributed by atoms with Gasteiger partial charge in [0, 0.05) is 12.7 Å². The Morgan fingerprint density at radius 3 is 2.95 bits per heavy atom. The van der Waals surface area contributed by atoms with Crippen molar-refractivity contribution in [2.75, 3.05) is 12.0 Å². The van der Waals surface area contributed by atoms with Crippen LogP contribution in [0.4, 0.5) is 0 Å². The smallest absolute Gasteiger partial charge is 0.246 e. The highest BCUT2D eigenvalue weighted by atomic mass is 32.2. The summed E-state index contributed by atoms with van der Waals surface area (Å²) in [6.07, 6.45) is 1.01. The van der Waals surface area contributed by atoms with E-state index in [0.29, 0.717) is 5.82 Å².